The molecule has 4 aromatic rings. The largest absolute Gasteiger partial charge is 0.422 e. The summed E-state index contributed by atoms with van der Waals surface area (Å²) in [6.07, 6.45) is 1.78. The lowest BCUT2D eigenvalue weighted by molar-refractivity contribution is 0.563. The molecule has 0 aliphatic heterocycles. The Morgan fingerprint density at radius 1 is 1.16 bits per heavy atom. The van der Waals surface area contributed by atoms with Crippen LogP contribution in [0.4, 0.5) is 0 Å². The van der Waals surface area contributed by atoms with Gasteiger partial charge in [-0.3, -0.25) is 4.57 Å². The van der Waals surface area contributed by atoms with Crippen LogP contribution in [0.3, 0.4) is 0 Å². The fourth-order valence-corrected chi connectivity index (χ4v) is 3.15. The molecule has 2 heterocycles. The number of nitrogens with one attached hydrogen (secondary N) is 1. The smallest absolute Gasteiger partial charge is 0.345 e. The number of aromatic amines is 1. The van der Waals surface area contributed by atoms with Gasteiger partial charge in [0.1, 0.15) is 5.58 Å². The SMILES string of the molecule is Cc1ccc(-n2cc(-c3cc4ccccc4oc3=O)[nH]c2=S)cc1Cl. The molecule has 6 heteroatoms. The molecule has 1 N–H and O–H groups in total. The van der Waals surface area contributed by atoms with Gasteiger partial charge in [0.2, 0.25) is 0 Å². The van der Waals surface area contributed by atoms with Crippen LogP contribution in [0.15, 0.2) is 63.9 Å². The molecule has 0 saturated heterocycles. The van der Waals surface area contributed by atoms with Gasteiger partial charge in [0, 0.05) is 22.3 Å². The molecule has 0 aliphatic rings. The average Bonchev–Trinajstić information content (AvgIpc) is 2.98. The van der Waals surface area contributed by atoms with E-state index in [-0.39, 0.29) is 0 Å². The van der Waals surface area contributed by atoms with Gasteiger partial charge in [-0.25, -0.2) is 4.79 Å². The third kappa shape index (κ3) is 2.81. The predicted molar refractivity (Wildman–Crippen MR) is 102 cm³/mol. The zero-order valence-corrected chi connectivity index (χ0v) is 14.8. The maximum Gasteiger partial charge on any atom is 0.345 e. The van der Waals surface area contributed by atoms with Crippen molar-refractivity contribution in [2.45, 2.75) is 6.92 Å². The van der Waals surface area contributed by atoms with Crippen molar-refractivity contribution < 1.29 is 4.42 Å². The Kier molecular flexibility index (Phi) is 3.82. The fraction of sp³-hybridized carbons (Fsp3) is 0.0526. The van der Waals surface area contributed by atoms with E-state index in [1.165, 1.54) is 0 Å². The molecular formula is C19H13ClN2O2S. The Balaban J connectivity index is 1.88. The minimum absolute atomic E-state index is 0.413. The Hall–Kier alpha value is -2.63. The molecule has 0 fully saturated rings. The van der Waals surface area contributed by atoms with Gasteiger partial charge in [0.05, 0.1) is 11.3 Å². The van der Waals surface area contributed by atoms with Crippen LogP contribution in [0.25, 0.3) is 27.9 Å². The van der Waals surface area contributed by atoms with Crippen molar-refractivity contribution >= 4 is 34.8 Å². The van der Waals surface area contributed by atoms with Gasteiger partial charge in [-0.05, 0) is 49.0 Å². The summed E-state index contributed by atoms with van der Waals surface area (Å²) in [5.41, 5.74) is 2.99. The Morgan fingerprint density at radius 2 is 1.96 bits per heavy atom. The van der Waals surface area contributed by atoms with Crippen LogP contribution in [0.5, 0.6) is 0 Å². The molecule has 0 radical (unpaired) electrons. The number of H-pyrrole nitrogens is 1. The lowest BCUT2D eigenvalue weighted by Crippen LogP contribution is -2.02. The number of fused-ring (bicyclic) bond motifs is 1. The summed E-state index contributed by atoms with van der Waals surface area (Å²) < 4.78 is 7.65. The summed E-state index contributed by atoms with van der Waals surface area (Å²) in [4.78, 5) is 15.4. The summed E-state index contributed by atoms with van der Waals surface area (Å²) in [6, 6.07) is 14.9. The molecule has 4 nitrogen and oxygen atoms in total. The van der Waals surface area contributed by atoms with Crippen molar-refractivity contribution in [1.29, 1.82) is 0 Å². The highest BCUT2D eigenvalue weighted by atomic mass is 35.5. The van der Waals surface area contributed by atoms with Gasteiger partial charge >= 0.3 is 5.63 Å². The van der Waals surface area contributed by atoms with E-state index in [4.69, 9.17) is 28.2 Å². The highest BCUT2D eigenvalue weighted by Gasteiger charge is 2.12. The number of imidazole rings is 1. The van der Waals surface area contributed by atoms with E-state index in [0.29, 0.717) is 26.6 Å². The quantitative estimate of drug-likeness (QED) is 0.387. The molecule has 4 rings (SSSR count). The summed E-state index contributed by atoms with van der Waals surface area (Å²) in [6.45, 7) is 1.94. The third-order valence-corrected chi connectivity index (χ3v) is 4.79. The number of benzene rings is 2. The normalized spacial score (nSPS) is 11.1. The molecule has 0 spiro atoms. The van der Waals surface area contributed by atoms with Gasteiger partial charge in [-0.15, -0.1) is 0 Å². The van der Waals surface area contributed by atoms with Gasteiger partial charge in [0.15, 0.2) is 4.77 Å². The maximum atomic E-state index is 12.3. The van der Waals surface area contributed by atoms with E-state index in [1.54, 1.807) is 22.9 Å². The standard InChI is InChI=1S/C19H13ClN2O2S/c1-11-6-7-13(9-15(11)20)22-10-16(21-19(22)25)14-8-12-4-2-3-5-17(12)24-18(14)23/h2-10H,1H3,(H,21,25). The second kappa shape index (κ2) is 6.02. The number of aryl methyl sites for hydroxylation is 1. The van der Waals surface area contributed by atoms with Crippen LogP contribution in [0.2, 0.25) is 5.02 Å². The Labute approximate surface area is 153 Å². The number of hydrogen-bond acceptors (Lipinski definition) is 3. The summed E-state index contributed by atoms with van der Waals surface area (Å²) in [5.74, 6) is 0. The first-order valence-electron chi connectivity index (χ1n) is 7.64. The number of aromatic nitrogens is 2. The predicted octanol–water partition coefficient (Wildman–Crippen LogP) is 5.27. The zero-order chi connectivity index (χ0) is 17.6. The molecular weight excluding hydrogens is 356 g/mol. The molecule has 0 saturated carbocycles. The first-order chi connectivity index (χ1) is 12.0. The van der Waals surface area contributed by atoms with Gasteiger partial charge in [-0.1, -0.05) is 35.9 Å². The number of para-hydroxylation sites is 1. The highest BCUT2D eigenvalue weighted by molar-refractivity contribution is 7.71. The van der Waals surface area contributed by atoms with Crippen molar-refractivity contribution in [3.8, 4) is 16.9 Å². The number of hydrogen-bond donors (Lipinski definition) is 1. The molecule has 0 atom stereocenters. The molecule has 124 valence electrons. The second-order valence-corrected chi connectivity index (χ2v) is 6.56. The van der Waals surface area contributed by atoms with Crippen LogP contribution in [-0.2, 0) is 0 Å². The average molecular weight is 369 g/mol. The van der Waals surface area contributed by atoms with Gasteiger partial charge < -0.3 is 9.40 Å². The van der Waals surface area contributed by atoms with Crippen LogP contribution < -0.4 is 5.63 Å². The zero-order valence-electron chi connectivity index (χ0n) is 13.2. The first-order valence-corrected chi connectivity index (χ1v) is 8.43. The van der Waals surface area contributed by atoms with Gasteiger partial charge in [-0.2, -0.15) is 0 Å². The van der Waals surface area contributed by atoms with Gasteiger partial charge in [0.25, 0.3) is 0 Å². The van der Waals surface area contributed by atoms with Crippen LogP contribution in [-0.4, -0.2) is 9.55 Å². The van der Waals surface area contributed by atoms with Crippen LogP contribution in [0.1, 0.15) is 5.56 Å². The van der Waals surface area contributed by atoms with Crippen molar-refractivity contribution in [3.63, 3.8) is 0 Å². The molecule has 0 bridgehead atoms. The Morgan fingerprint density at radius 3 is 2.76 bits per heavy atom. The minimum atomic E-state index is -0.413. The maximum absolute atomic E-state index is 12.3. The molecule has 0 unspecified atom stereocenters. The van der Waals surface area contributed by atoms with E-state index >= 15 is 0 Å². The van der Waals surface area contributed by atoms with Crippen molar-refractivity contribution in [2.24, 2.45) is 0 Å². The van der Waals surface area contributed by atoms with Crippen molar-refractivity contribution in [3.05, 3.63) is 80.5 Å². The van der Waals surface area contributed by atoms with Crippen LogP contribution in [0, 0.1) is 11.7 Å². The Bertz CT molecular complexity index is 1220. The van der Waals surface area contributed by atoms with E-state index in [9.17, 15) is 4.79 Å². The number of nitrogens with zero attached hydrogens (tertiary/aromatic N) is 1. The summed E-state index contributed by atoms with van der Waals surface area (Å²) >= 11 is 11.6. The monoisotopic (exact) mass is 368 g/mol. The summed E-state index contributed by atoms with van der Waals surface area (Å²) in [5, 5.41) is 1.51. The number of rotatable bonds is 2. The van der Waals surface area contributed by atoms with E-state index < -0.39 is 5.63 Å². The topological polar surface area (TPSA) is 50.9 Å². The van der Waals surface area contributed by atoms with Crippen LogP contribution >= 0.6 is 23.8 Å². The molecule has 25 heavy (non-hydrogen) atoms. The van der Waals surface area contributed by atoms with Crippen molar-refractivity contribution in [2.75, 3.05) is 0 Å². The second-order valence-electron chi connectivity index (χ2n) is 5.76. The lowest BCUT2D eigenvalue weighted by Gasteiger charge is -2.04. The van der Waals surface area contributed by atoms with E-state index in [0.717, 1.165) is 16.6 Å². The molecule has 0 amide bonds. The molecule has 2 aromatic heterocycles. The van der Waals surface area contributed by atoms with E-state index in [1.807, 2.05) is 43.3 Å². The van der Waals surface area contributed by atoms with Crippen molar-refractivity contribution in [1.82, 2.24) is 9.55 Å². The first kappa shape index (κ1) is 15.9. The lowest BCUT2D eigenvalue weighted by atomic mass is 10.1. The van der Waals surface area contributed by atoms with E-state index in [2.05, 4.69) is 4.98 Å². The fourth-order valence-electron chi connectivity index (χ4n) is 2.71. The third-order valence-electron chi connectivity index (χ3n) is 4.08. The molecule has 0 aliphatic carbocycles. The molecule has 2 aromatic carbocycles. The minimum Gasteiger partial charge on any atom is -0.422 e. The number of halogens is 1. The summed E-state index contributed by atoms with van der Waals surface area (Å²) in [7, 11) is 0. The highest BCUT2D eigenvalue weighted by Crippen LogP contribution is 2.24.